The van der Waals surface area contributed by atoms with E-state index < -0.39 is 0 Å². The second-order valence-electron chi connectivity index (χ2n) is 6.13. The number of nitrogens with one attached hydrogen (secondary N) is 2. The third-order valence-corrected chi connectivity index (χ3v) is 5.62. The highest BCUT2D eigenvalue weighted by Crippen LogP contribution is 2.32. The second kappa shape index (κ2) is 6.12. The van der Waals surface area contributed by atoms with E-state index in [-0.39, 0.29) is 11.7 Å². The molecule has 0 unspecified atom stereocenters. The highest BCUT2D eigenvalue weighted by atomic mass is 32.1. The van der Waals surface area contributed by atoms with E-state index in [2.05, 4.69) is 25.1 Å². The van der Waals surface area contributed by atoms with Crippen LogP contribution in [-0.4, -0.2) is 51.4 Å². The average Bonchev–Trinajstić information content (AvgIpc) is 3.26. The van der Waals surface area contributed by atoms with Gasteiger partial charge in [0.05, 0.1) is 24.4 Å². The molecule has 0 radical (unpaired) electrons. The number of ether oxygens (including phenoxy) is 1. The van der Waals surface area contributed by atoms with E-state index >= 15 is 0 Å². The largest absolute Gasteiger partial charge is 0.380 e. The smallest absolute Gasteiger partial charge is 0.268 e. The van der Waals surface area contributed by atoms with E-state index in [1.54, 1.807) is 13.3 Å². The van der Waals surface area contributed by atoms with Gasteiger partial charge in [0.1, 0.15) is 10.5 Å². The molecule has 3 aromatic heterocycles. The van der Waals surface area contributed by atoms with Gasteiger partial charge in [0.2, 0.25) is 0 Å². The van der Waals surface area contributed by atoms with Gasteiger partial charge in [-0.05, 0) is 19.4 Å². The summed E-state index contributed by atoms with van der Waals surface area (Å²) in [6.07, 6.45) is 3.08. The molecule has 0 amide bonds. The molecule has 4 rings (SSSR count). The highest BCUT2D eigenvalue weighted by Gasteiger charge is 2.23. The van der Waals surface area contributed by atoms with Crippen LogP contribution < -0.4 is 5.56 Å². The number of fused-ring (bicyclic) bond motifs is 1. The summed E-state index contributed by atoms with van der Waals surface area (Å²) in [7, 11) is 1.74. The minimum atomic E-state index is -0.0742. The van der Waals surface area contributed by atoms with Crippen LogP contribution in [0.4, 0.5) is 0 Å². The molecule has 2 N–H and O–H groups in total. The van der Waals surface area contributed by atoms with Crippen molar-refractivity contribution >= 4 is 21.6 Å². The van der Waals surface area contributed by atoms with Gasteiger partial charge in [0, 0.05) is 36.3 Å². The molecule has 1 saturated heterocycles. The fourth-order valence-corrected chi connectivity index (χ4v) is 4.20. The van der Waals surface area contributed by atoms with Gasteiger partial charge >= 0.3 is 0 Å². The normalized spacial score (nSPS) is 18.7. The van der Waals surface area contributed by atoms with Gasteiger partial charge in [-0.1, -0.05) is 0 Å². The van der Waals surface area contributed by atoms with E-state index in [1.807, 2.05) is 13.0 Å². The first-order valence-corrected chi connectivity index (χ1v) is 8.74. The minimum absolute atomic E-state index is 0.0742. The summed E-state index contributed by atoms with van der Waals surface area (Å²) in [5.74, 6) is 0.706. The van der Waals surface area contributed by atoms with Crippen molar-refractivity contribution in [1.82, 2.24) is 25.1 Å². The Balaban J connectivity index is 1.65. The molecule has 8 heteroatoms. The van der Waals surface area contributed by atoms with Gasteiger partial charge in [0.15, 0.2) is 0 Å². The molecular weight excluding hydrogens is 326 g/mol. The number of aryl methyl sites for hydroxylation is 1. The number of nitrogens with zero attached hydrogens (tertiary/aromatic N) is 3. The summed E-state index contributed by atoms with van der Waals surface area (Å²) in [5, 5.41) is 6.98. The number of hydrogen-bond donors (Lipinski definition) is 2. The second-order valence-corrected chi connectivity index (χ2v) is 7.18. The number of hydrogen-bond acceptors (Lipinski definition) is 6. The summed E-state index contributed by atoms with van der Waals surface area (Å²) in [5.41, 5.74) is 2.68. The van der Waals surface area contributed by atoms with Crippen LogP contribution in [0, 0.1) is 6.92 Å². The zero-order valence-corrected chi connectivity index (χ0v) is 14.4. The summed E-state index contributed by atoms with van der Waals surface area (Å²) in [6.45, 7) is 4.45. The number of likely N-dealkylation sites (tertiary alicyclic amines) is 1. The van der Waals surface area contributed by atoms with Crippen LogP contribution in [0.2, 0.25) is 0 Å². The van der Waals surface area contributed by atoms with Gasteiger partial charge in [0.25, 0.3) is 5.56 Å². The lowest BCUT2D eigenvalue weighted by molar-refractivity contribution is 0.107. The van der Waals surface area contributed by atoms with Crippen molar-refractivity contribution in [3.8, 4) is 10.4 Å². The number of aromatic nitrogens is 4. The summed E-state index contributed by atoms with van der Waals surface area (Å²) in [6, 6.07) is 1.97. The molecular formula is C16H19N5O2S. The van der Waals surface area contributed by atoms with Crippen LogP contribution in [0.15, 0.2) is 17.1 Å². The molecule has 0 saturated carbocycles. The van der Waals surface area contributed by atoms with Gasteiger partial charge in [-0.2, -0.15) is 5.10 Å². The molecule has 0 bridgehead atoms. The molecule has 0 aliphatic carbocycles. The monoisotopic (exact) mass is 345 g/mol. The van der Waals surface area contributed by atoms with Gasteiger partial charge in [-0.15, -0.1) is 11.3 Å². The predicted octanol–water partition coefficient (Wildman–Crippen LogP) is 1.90. The highest BCUT2D eigenvalue weighted by molar-refractivity contribution is 7.22. The Hall–Kier alpha value is -2.03. The van der Waals surface area contributed by atoms with E-state index in [0.717, 1.165) is 41.2 Å². The Morgan fingerprint density at radius 2 is 2.38 bits per heavy atom. The lowest BCUT2D eigenvalue weighted by Crippen LogP contribution is -2.25. The van der Waals surface area contributed by atoms with Crippen molar-refractivity contribution < 1.29 is 4.74 Å². The molecule has 1 aliphatic rings. The van der Waals surface area contributed by atoms with Crippen molar-refractivity contribution in [1.29, 1.82) is 0 Å². The Morgan fingerprint density at radius 3 is 3.08 bits per heavy atom. The van der Waals surface area contributed by atoms with Crippen LogP contribution in [-0.2, 0) is 11.3 Å². The fourth-order valence-electron chi connectivity index (χ4n) is 3.14. The Morgan fingerprint density at radius 1 is 1.50 bits per heavy atom. The zero-order valence-electron chi connectivity index (χ0n) is 13.6. The first-order valence-electron chi connectivity index (χ1n) is 7.92. The molecule has 1 atom stereocenters. The van der Waals surface area contributed by atoms with Crippen molar-refractivity contribution in [2.24, 2.45) is 0 Å². The van der Waals surface area contributed by atoms with Crippen molar-refractivity contribution in [3.63, 3.8) is 0 Å². The standard InChI is InChI=1S/C16H19N5O2S/c1-9-11(6-17-20-9)13-5-12-15(24-13)16(22)19-14(18-12)8-21-4-3-10(7-21)23-2/h5-6,10H,3-4,7-8H2,1-2H3,(H,17,20)(H,18,19,22)/t10-/m1/s1. The molecule has 24 heavy (non-hydrogen) atoms. The summed E-state index contributed by atoms with van der Waals surface area (Å²) >= 11 is 1.45. The van der Waals surface area contributed by atoms with Crippen LogP contribution in [0.25, 0.3) is 20.7 Å². The molecule has 1 aliphatic heterocycles. The van der Waals surface area contributed by atoms with Crippen molar-refractivity contribution in [2.45, 2.75) is 26.0 Å². The molecule has 4 heterocycles. The molecule has 1 fully saturated rings. The van der Waals surface area contributed by atoms with Gasteiger partial charge in [-0.3, -0.25) is 14.8 Å². The molecule has 126 valence electrons. The third kappa shape index (κ3) is 2.77. The van der Waals surface area contributed by atoms with E-state index in [4.69, 9.17) is 4.74 Å². The summed E-state index contributed by atoms with van der Waals surface area (Å²) < 4.78 is 6.05. The average molecular weight is 345 g/mol. The maximum atomic E-state index is 12.4. The molecule has 0 aromatic carbocycles. The number of H-pyrrole nitrogens is 2. The number of thiophene rings is 1. The lowest BCUT2D eigenvalue weighted by atomic mass is 10.2. The van der Waals surface area contributed by atoms with Gasteiger partial charge < -0.3 is 9.72 Å². The van der Waals surface area contributed by atoms with Crippen LogP contribution in [0.5, 0.6) is 0 Å². The van der Waals surface area contributed by atoms with Gasteiger partial charge in [-0.25, -0.2) is 4.98 Å². The number of methoxy groups -OCH3 is 1. The Bertz CT molecular complexity index is 928. The van der Waals surface area contributed by atoms with Crippen LogP contribution in [0.1, 0.15) is 17.9 Å². The molecule has 7 nitrogen and oxygen atoms in total. The topological polar surface area (TPSA) is 86.9 Å². The maximum absolute atomic E-state index is 12.4. The van der Waals surface area contributed by atoms with Crippen LogP contribution >= 0.6 is 11.3 Å². The Labute approximate surface area is 142 Å². The predicted molar refractivity (Wildman–Crippen MR) is 93.3 cm³/mol. The SMILES string of the molecule is CO[C@@H]1CCN(Cc2nc3cc(-c4cn[nH]c4C)sc3c(=O)[nH]2)C1. The first-order chi connectivity index (χ1) is 11.6. The van der Waals surface area contributed by atoms with Crippen molar-refractivity contribution in [2.75, 3.05) is 20.2 Å². The van der Waals surface area contributed by atoms with Crippen LogP contribution in [0.3, 0.4) is 0 Å². The maximum Gasteiger partial charge on any atom is 0.268 e. The number of aromatic amines is 2. The van der Waals surface area contributed by atoms with E-state index in [0.29, 0.717) is 17.1 Å². The molecule has 3 aromatic rings. The van der Waals surface area contributed by atoms with E-state index in [1.165, 1.54) is 11.3 Å². The number of rotatable bonds is 4. The van der Waals surface area contributed by atoms with E-state index in [9.17, 15) is 4.79 Å². The lowest BCUT2D eigenvalue weighted by Gasteiger charge is -2.14. The first kappa shape index (κ1) is 15.5. The molecule has 0 spiro atoms. The fraction of sp³-hybridized carbons (Fsp3) is 0.438. The van der Waals surface area contributed by atoms with Crippen molar-refractivity contribution in [3.05, 3.63) is 34.1 Å². The zero-order chi connectivity index (χ0) is 16.7. The minimum Gasteiger partial charge on any atom is -0.380 e. The third-order valence-electron chi connectivity index (χ3n) is 4.46. The quantitative estimate of drug-likeness (QED) is 0.754. The Kier molecular flexibility index (Phi) is 3.95. The summed E-state index contributed by atoms with van der Waals surface area (Å²) in [4.78, 5) is 23.2.